The summed E-state index contributed by atoms with van der Waals surface area (Å²) in [5.74, 6) is -0.169. The minimum atomic E-state index is -0.839. The standard InChI is InChI=1S/C13H17FO3/c1-16-10-7-13(15,8-10)6-9-4-3-5-11(17-2)12(9)14/h3-5,10,15H,6-8H2,1-2H3. The number of methoxy groups -OCH3 is 2. The Bertz CT molecular complexity index is 400. The van der Waals surface area contributed by atoms with Gasteiger partial charge in [-0.05, 0) is 11.6 Å². The zero-order valence-corrected chi connectivity index (χ0v) is 10.1. The molecule has 0 aliphatic heterocycles. The van der Waals surface area contributed by atoms with Gasteiger partial charge < -0.3 is 14.6 Å². The van der Waals surface area contributed by atoms with Crippen LogP contribution in [0.2, 0.25) is 0 Å². The van der Waals surface area contributed by atoms with Crippen LogP contribution in [0.1, 0.15) is 18.4 Å². The second kappa shape index (κ2) is 4.63. The maximum absolute atomic E-state index is 13.9. The molecule has 1 N–H and O–H groups in total. The maximum Gasteiger partial charge on any atom is 0.168 e. The molecule has 3 nitrogen and oxygen atoms in total. The summed E-state index contributed by atoms with van der Waals surface area (Å²) in [4.78, 5) is 0. The van der Waals surface area contributed by atoms with E-state index in [1.54, 1.807) is 25.3 Å². The van der Waals surface area contributed by atoms with E-state index < -0.39 is 5.60 Å². The van der Waals surface area contributed by atoms with E-state index in [0.29, 0.717) is 24.8 Å². The molecule has 0 aromatic heterocycles. The molecule has 4 heteroatoms. The topological polar surface area (TPSA) is 38.7 Å². The third kappa shape index (κ3) is 2.42. The number of halogens is 1. The highest BCUT2D eigenvalue weighted by Gasteiger charge is 2.43. The Kier molecular flexibility index (Phi) is 3.35. The average molecular weight is 240 g/mol. The third-order valence-electron chi connectivity index (χ3n) is 3.33. The number of aliphatic hydroxyl groups is 1. The van der Waals surface area contributed by atoms with Crippen LogP contribution in [0.5, 0.6) is 5.75 Å². The van der Waals surface area contributed by atoms with Crippen LogP contribution in [0.15, 0.2) is 18.2 Å². The molecule has 0 amide bonds. The van der Waals surface area contributed by atoms with Crippen LogP contribution in [0.3, 0.4) is 0 Å². The van der Waals surface area contributed by atoms with Crippen LogP contribution in [-0.4, -0.2) is 31.0 Å². The summed E-state index contributed by atoms with van der Waals surface area (Å²) in [7, 11) is 3.05. The molecule has 0 atom stereocenters. The molecule has 1 aliphatic carbocycles. The molecule has 0 bridgehead atoms. The summed E-state index contributed by atoms with van der Waals surface area (Å²) < 4.78 is 23.9. The predicted molar refractivity (Wildman–Crippen MR) is 61.6 cm³/mol. The normalized spacial score (nSPS) is 27.6. The van der Waals surface area contributed by atoms with Crippen molar-refractivity contribution >= 4 is 0 Å². The van der Waals surface area contributed by atoms with E-state index in [0.717, 1.165) is 0 Å². The Labute approximate surface area is 100 Å². The highest BCUT2D eigenvalue weighted by atomic mass is 19.1. The molecule has 1 saturated carbocycles. The Morgan fingerprint density at radius 3 is 2.71 bits per heavy atom. The maximum atomic E-state index is 13.9. The van der Waals surface area contributed by atoms with Gasteiger partial charge >= 0.3 is 0 Å². The molecule has 0 unspecified atom stereocenters. The third-order valence-corrected chi connectivity index (χ3v) is 3.33. The highest BCUT2D eigenvalue weighted by molar-refractivity contribution is 5.32. The molecule has 1 aromatic carbocycles. The molecule has 94 valence electrons. The second-order valence-corrected chi connectivity index (χ2v) is 4.60. The predicted octanol–water partition coefficient (Wildman–Crippen LogP) is 1.92. The first-order chi connectivity index (χ1) is 8.08. The second-order valence-electron chi connectivity index (χ2n) is 4.60. The Morgan fingerprint density at radius 2 is 2.12 bits per heavy atom. The van der Waals surface area contributed by atoms with Crippen LogP contribution in [0.25, 0.3) is 0 Å². The van der Waals surface area contributed by atoms with Gasteiger partial charge in [0.05, 0.1) is 18.8 Å². The largest absolute Gasteiger partial charge is 0.494 e. The van der Waals surface area contributed by atoms with E-state index in [-0.39, 0.29) is 17.7 Å². The van der Waals surface area contributed by atoms with Gasteiger partial charge in [-0.25, -0.2) is 4.39 Å². The summed E-state index contributed by atoms with van der Waals surface area (Å²) >= 11 is 0. The summed E-state index contributed by atoms with van der Waals surface area (Å²) in [5, 5.41) is 10.2. The lowest BCUT2D eigenvalue weighted by atomic mass is 9.73. The average Bonchev–Trinajstić information content (AvgIpc) is 2.28. The van der Waals surface area contributed by atoms with Gasteiger partial charge in [0, 0.05) is 26.4 Å². The smallest absolute Gasteiger partial charge is 0.168 e. The van der Waals surface area contributed by atoms with Gasteiger partial charge in [0.2, 0.25) is 0 Å². The number of hydrogen-bond acceptors (Lipinski definition) is 3. The SMILES string of the molecule is COc1cccc(CC2(O)CC(OC)C2)c1F. The van der Waals surface area contributed by atoms with E-state index in [2.05, 4.69) is 0 Å². The van der Waals surface area contributed by atoms with Crippen molar-refractivity contribution in [3.05, 3.63) is 29.6 Å². The lowest BCUT2D eigenvalue weighted by Crippen LogP contribution is -2.49. The number of benzene rings is 1. The first kappa shape index (κ1) is 12.3. The fourth-order valence-electron chi connectivity index (χ4n) is 2.30. The zero-order valence-electron chi connectivity index (χ0n) is 10.1. The van der Waals surface area contributed by atoms with Crippen LogP contribution >= 0.6 is 0 Å². The molecule has 0 heterocycles. The molecule has 0 saturated heterocycles. The van der Waals surface area contributed by atoms with Gasteiger partial charge in [-0.2, -0.15) is 0 Å². The Hall–Kier alpha value is -1.13. The van der Waals surface area contributed by atoms with Crippen molar-refractivity contribution in [1.82, 2.24) is 0 Å². The molecular formula is C13H17FO3. The summed E-state index contributed by atoms with van der Waals surface area (Å²) in [6.45, 7) is 0. The van der Waals surface area contributed by atoms with Gasteiger partial charge in [-0.15, -0.1) is 0 Å². The fraction of sp³-hybridized carbons (Fsp3) is 0.538. The first-order valence-corrected chi connectivity index (χ1v) is 5.64. The zero-order chi connectivity index (χ0) is 12.5. The molecule has 1 aromatic rings. The first-order valence-electron chi connectivity index (χ1n) is 5.64. The van der Waals surface area contributed by atoms with Crippen molar-refractivity contribution in [2.45, 2.75) is 31.0 Å². The summed E-state index contributed by atoms with van der Waals surface area (Å²) in [6.07, 6.45) is 1.50. The summed E-state index contributed by atoms with van der Waals surface area (Å²) in [6, 6.07) is 4.98. The molecule has 0 radical (unpaired) electrons. The van der Waals surface area contributed by atoms with Crippen LogP contribution < -0.4 is 4.74 Å². The van der Waals surface area contributed by atoms with Crippen molar-refractivity contribution in [3.8, 4) is 5.75 Å². The minimum Gasteiger partial charge on any atom is -0.494 e. The molecular weight excluding hydrogens is 223 g/mol. The minimum absolute atomic E-state index is 0.0914. The Morgan fingerprint density at radius 1 is 1.41 bits per heavy atom. The monoisotopic (exact) mass is 240 g/mol. The van der Waals surface area contributed by atoms with Crippen LogP contribution in [0.4, 0.5) is 4.39 Å². The van der Waals surface area contributed by atoms with Crippen molar-refractivity contribution in [3.63, 3.8) is 0 Å². The molecule has 1 fully saturated rings. The lowest BCUT2D eigenvalue weighted by molar-refractivity contribution is -0.126. The van der Waals surface area contributed by atoms with Gasteiger partial charge in [0.1, 0.15) is 0 Å². The van der Waals surface area contributed by atoms with Crippen molar-refractivity contribution in [2.75, 3.05) is 14.2 Å². The number of hydrogen-bond donors (Lipinski definition) is 1. The van der Waals surface area contributed by atoms with Crippen LogP contribution in [0, 0.1) is 5.82 Å². The van der Waals surface area contributed by atoms with Gasteiger partial charge in [-0.3, -0.25) is 0 Å². The van der Waals surface area contributed by atoms with Gasteiger partial charge in [0.15, 0.2) is 11.6 Å². The van der Waals surface area contributed by atoms with E-state index >= 15 is 0 Å². The van der Waals surface area contributed by atoms with Crippen molar-refractivity contribution < 1.29 is 19.0 Å². The van der Waals surface area contributed by atoms with E-state index in [9.17, 15) is 9.50 Å². The van der Waals surface area contributed by atoms with Gasteiger partial charge in [-0.1, -0.05) is 12.1 Å². The quantitative estimate of drug-likeness (QED) is 0.873. The number of rotatable bonds is 4. The molecule has 0 spiro atoms. The molecule has 1 aliphatic rings. The van der Waals surface area contributed by atoms with Crippen molar-refractivity contribution in [2.24, 2.45) is 0 Å². The van der Waals surface area contributed by atoms with E-state index in [1.165, 1.54) is 7.11 Å². The lowest BCUT2D eigenvalue weighted by Gasteiger charge is -2.42. The van der Waals surface area contributed by atoms with Gasteiger partial charge in [0.25, 0.3) is 0 Å². The summed E-state index contributed by atoms with van der Waals surface area (Å²) in [5.41, 5.74) is -0.352. The van der Waals surface area contributed by atoms with Crippen molar-refractivity contribution in [1.29, 1.82) is 0 Å². The fourth-order valence-corrected chi connectivity index (χ4v) is 2.30. The van der Waals surface area contributed by atoms with Crippen LogP contribution in [-0.2, 0) is 11.2 Å². The Balaban J connectivity index is 2.09. The van der Waals surface area contributed by atoms with E-state index in [4.69, 9.17) is 9.47 Å². The molecule has 17 heavy (non-hydrogen) atoms. The number of ether oxygens (including phenoxy) is 2. The highest BCUT2D eigenvalue weighted by Crippen LogP contribution is 2.38. The van der Waals surface area contributed by atoms with E-state index in [1.807, 2.05) is 0 Å². The molecule has 2 rings (SSSR count).